The molecule has 0 spiro atoms. The van der Waals surface area contributed by atoms with Crippen LogP contribution >= 0.6 is 0 Å². The molecule has 8 heteroatoms. The van der Waals surface area contributed by atoms with E-state index >= 15 is 0 Å². The van der Waals surface area contributed by atoms with Gasteiger partial charge in [-0.15, -0.1) is 0 Å². The van der Waals surface area contributed by atoms with Crippen LogP contribution in [0.4, 0.5) is 17.1 Å². The molecule has 5 aromatic heterocycles. The molecule has 0 N–H and O–H groups in total. The van der Waals surface area contributed by atoms with Crippen LogP contribution in [0.2, 0.25) is 0 Å². The second-order valence-corrected chi connectivity index (χ2v) is 21.1. The summed E-state index contributed by atoms with van der Waals surface area (Å²) in [5.41, 5.74) is 17.0. The third kappa shape index (κ3) is 6.97. The lowest BCUT2D eigenvalue weighted by molar-refractivity contribution is 0.629. The topological polar surface area (TPSA) is 83.7 Å². The molecule has 5 heterocycles. The zero-order chi connectivity index (χ0) is 55.4. The lowest BCUT2D eigenvalue weighted by Gasteiger charge is -2.25. The van der Waals surface area contributed by atoms with Gasteiger partial charge < -0.3 is 27.6 Å². The smallest absolute Gasteiger partial charge is 0.141 e. The van der Waals surface area contributed by atoms with Crippen molar-refractivity contribution in [3.05, 3.63) is 278 Å². The molecule has 0 aliphatic carbocycles. The van der Waals surface area contributed by atoms with Crippen molar-refractivity contribution in [2.45, 2.75) is 6.92 Å². The summed E-state index contributed by atoms with van der Waals surface area (Å²) in [6.45, 7) is 6.56. The Bertz CT molecular complexity index is 5350. The monoisotopic (exact) mass is 1060 g/mol. The molecule has 0 bridgehead atoms. The largest absolute Gasteiger partial charge is 0.456 e. The summed E-state index contributed by atoms with van der Waals surface area (Å²) in [5.74, 6) is 0.701. The minimum Gasteiger partial charge on any atom is -0.456 e. The highest BCUT2D eigenvalue weighted by Gasteiger charge is 2.29. The Balaban J connectivity index is 0.995. The fourth-order valence-corrected chi connectivity index (χ4v) is 13.2. The van der Waals surface area contributed by atoms with E-state index in [4.69, 9.17) is 4.42 Å². The number of nitriles is 2. The third-order valence-corrected chi connectivity index (χ3v) is 16.8. The fourth-order valence-electron chi connectivity index (χ4n) is 13.2. The van der Waals surface area contributed by atoms with Crippen LogP contribution in [0.3, 0.4) is 0 Å². The maximum atomic E-state index is 11.8. The first kappa shape index (κ1) is 47.4. The number of fused-ring (bicyclic) bond motifs is 12. The van der Waals surface area contributed by atoms with Crippen molar-refractivity contribution in [2.75, 3.05) is 4.90 Å². The van der Waals surface area contributed by atoms with Crippen molar-refractivity contribution < 1.29 is 4.42 Å². The van der Waals surface area contributed by atoms with Gasteiger partial charge in [0.2, 0.25) is 0 Å². The molecule has 0 fully saturated rings. The normalized spacial score (nSPS) is 11.7. The number of benzene rings is 11. The van der Waals surface area contributed by atoms with E-state index in [9.17, 15) is 10.5 Å². The van der Waals surface area contributed by atoms with Crippen molar-refractivity contribution in [1.29, 1.82) is 10.5 Å². The Kier molecular flexibility index (Phi) is 10.6. The quantitative estimate of drug-likeness (QED) is 0.144. The SMILES string of the molecule is C=Cc1c(-c2oc3ccccc3c2C)c2cc(N(c3ccccc3)c3ccccc3)ccc2n1-c1cc(C#N)c(-n2c3ccc(-n4c5ccccc5c5ccccc54)cc3c3ccc4c5ccccc5n(-c5ccccc5)c4c32)cc1C#N. The number of aromatic nitrogens is 4. The zero-order valence-electron chi connectivity index (χ0n) is 45.0. The molecule has 16 aromatic rings. The molecule has 0 saturated heterocycles. The average molecular weight is 1060 g/mol. The Labute approximate surface area is 476 Å². The highest BCUT2D eigenvalue weighted by Crippen LogP contribution is 2.48. The second kappa shape index (κ2) is 18.5. The van der Waals surface area contributed by atoms with Crippen LogP contribution in [0.5, 0.6) is 0 Å². The summed E-state index contributed by atoms with van der Waals surface area (Å²) in [4.78, 5) is 2.24. The van der Waals surface area contributed by atoms with Crippen molar-refractivity contribution in [3.8, 4) is 46.2 Å². The lowest BCUT2D eigenvalue weighted by atomic mass is 10.0. The number of aryl methyl sites for hydroxylation is 1. The molecule has 388 valence electrons. The number of hydrogen-bond donors (Lipinski definition) is 0. The summed E-state index contributed by atoms with van der Waals surface area (Å²) in [7, 11) is 0. The number of rotatable bonds is 9. The van der Waals surface area contributed by atoms with Crippen LogP contribution < -0.4 is 4.90 Å². The van der Waals surface area contributed by atoms with E-state index < -0.39 is 0 Å². The van der Waals surface area contributed by atoms with Gasteiger partial charge in [-0.05, 0) is 122 Å². The van der Waals surface area contributed by atoms with Crippen LogP contribution in [0.25, 0.3) is 127 Å². The molecule has 0 saturated carbocycles. The number of hydrogen-bond acceptors (Lipinski definition) is 4. The first-order chi connectivity index (χ1) is 41.0. The Morgan fingerprint density at radius 2 is 0.880 bits per heavy atom. The second-order valence-electron chi connectivity index (χ2n) is 21.1. The highest BCUT2D eigenvalue weighted by atomic mass is 16.3. The molecule has 11 aromatic carbocycles. The predicted molar refractivity (Wildman–Crippen MR) is 340 cm³/mol. The Morgan fingerprint density at radius 3 is 1.48 bits per heavy atom. The van der Waals surface area contributed by atoms with Crippen molar-refractivity contribution in [2.24, 2.45) is 0 Å². The van der Waals surface area contributed by atoms with Gasteiger partial charge in [-0.1, -0.05) is 146 Å². The summed E-state index contributed by atoms with van der Waals surface area (Å²) in [5, 5.41) is 31.9. The molecular formula is C75H47N7O. The summed E-state index contributed by atoms with van der Waals surface area (Å²) < 4.78 is 15.9. The van der Waals surface area contributed by atoms with E-state index in [1.165, 1.54) is 10.8 Å². The minimum absolute atomic E-state index is 0.374. The van der Waals surface area contributed by atoms with Crippen LogP contribution in [0.15, 0.2) is 260 Å². The molecule has 0 aliphatic heterocycles. The Hall–Kier alpha value is -11.6. The van der Waals surface area contributed by atoms with E-state index in [0.717, 1.165) is 122 Å². The van der Waals surface area contributed by atoms with Gasteiger partial charge in [-0.25, -0.2) is 0 Å². The number of furan rings is 1. The van der Waals surface area contributed by atoms with Gasteiger partial charge in [0.1, 0.15) is 23.5 Å². The third-order valence-electron chi connectivity index (χ3n) is 16.8. The van der Waals surface area contributed by atoms with Crippen LogP contribution in [0, 0.1) is 29.6 Å². The van der Waals surface area contributed by atoms with Crippen LogP contribution in [0.1, 0.15) is 22.4 Å². The molecule has 0 unspecified atom stereocenters. The van der Waals surface area contributed by atoms with Gasteiger partial charge >= 0.3 is 0 Å². The van der Waals surface area contributed by atoms with Gasteiger partial charge in [0.25, 0.3) is 0 Å². The van der Waals surface area contributed by atoms with Crippen LogP contribution in [-0.4, -0.2) is 18.3 Å². The van der Waals surface area contributed by atoms with E-state index in [2.05, 4.69) is 225 Å². The number of para-hydroxylation sites is 7. The maximum absolute atomic E-state index is 11.8. The molecule has 0 aliphatic rings. The van der Waals surface area contributed by atoms with E-state index in [-0.39, 0.29) is 0 Å². The van der Waals surface area contributed by atoms with Crippen molar-refractivity contribution >= 4 is 110 Å². The highest BCUT2D eigenvalue weighted by molar-refractivity contribution is 6.24. The van der Waals surface area contributed by atoms with Gasteiger partial charge in [0, 0.05) is 77.1 Å². The summed E-state index contributed by atoms with van der Waals surface area (Å²) in [6.07, 6.45) is 1.84. The van der Waals surface area contributed by atoms with Crippen molar-refractivity contribution in [3.63, 3.8) is 0 Å². The summed E-state index contributed by atoms with van der Waals surface area (Å²) in [6, 6.07) is 91.6. The minimum atomic E-state index is 0.374. The average Bonchev–Trinajstić information content (AvgIpc) is 1.75. The van der Waals surface area contributed by atoms with Gasteiger partial charge in [0.15, 0.2) is 0 Å². The van der Waals surface area contributed by atoms with E-state index in [0.29, 0.717) is 28.3 Å². The molecule has 83 heavy (non-hydrogen) atoms. The van der Waals surface area contributed by atoms with Gasteiger partial charge in [-0.2, -0.15) is 10.5 Å². The molecule has 0 radical (unpaired) electrons. The zero-order valence-corrected chi connectivity index (χ0v) is 45.0. The number of nitrogens with zero attached hydrogens (tertiary/aromatic N) is 7. The summed E-state index contributed by atoms with van der Waals surface area (Å²) >= 11 is 0. The molecule has 0 atom stereocenters. The van der Waals surface area contributed by atoms with Crippen molar-refractivity contribution in [1.82, 2.24) is 18.3 Å². The van der Waals surface area contributed by atoms with E-state index in [1.54, 1.807) is 0 Å². The van der Waals surface area contributed by atoms with Gasteiger partial charge in [0.05, 0.1) is 72.4 Å². The lowest BCUT2D eigenvalue weighted by Crippen LogP contribution is -2.09. The molecular weight excluding hydrogens is 1010 g/mol. The molecule has 8 nitrogen and oxygen atoms in total. The first-order valence-electron chi connectivity index (χ1n) is 27.7. The van der Waals surface area contributed by atoms with Crippen LogP contribution in [-0.2, 0) is 0 Å². The number of anilines is 3. The molecule has 16 rings (SSSR count). The van der Waals surface area contributed by atoms with Gasteiger partial charge in [-0.3, -0.25) is 0 Å². The standard InChI is InChI=1S/C75H47N7O/c1-3-63-72(75-47(2)55-27-16-20-34-71(55)83-75)62-44-53(78(50-21-7-4-8-22-50)51-23-9-5-10-24-51)35-40-68(62)81(63)69-41-49(46-77)70(42-48(69)45-76)82-67-39-36-54(79-64-31-17-13-28-56(64)57-29-14-18-32-65(57)79)43-61(67)60-38-37-59-58-30-15-19-33-66(58)80(73(59)74(60)82)52-25-11-6-12-26-52/h3-44H,1H2,2H3. The molecule has 0 amide bonds. The predicted octanol–water partition coefficient (Wildman–Crippen LogP) is 19.5. The fraction of sp³-hybridized carbons (Fsp3) is 0.0133. The first-order valence-corrected chi connectivity index (χ1v) is 27.7. The van der Waals surface area contributed by atoms with E-state index in [1.807, 2.05) is 78.9 Å². The Morgan fingerprint density at radius 1 is 0.398 bits per heavy atom. The maximum Gasteiger partial charge on any atom is 0.141 e.